The third kappa shape index (κ3) is 3.45. The second-order valence-corrected chi connectivity index (χ2v) is 5.21. The van der Waals surface area contributed by atoms with Crippen LogP contribution in [0.4, 0.5) is 0 Å². The first-order valence-corrected chi connectivity index (χ1v) is 7.22. The van der Waals surface area contributed by atoms with Crippen molar-refractivity contribution in [1.29, 1.82) is 0 Å². The van der Waals surface area contributed by atoms with Crippen LogP contribution in [0, 0.1) is 0 Å². The lowest BCUT2D eigenvalue weighted by molar-refractivity contribution is 0.566. The van der Waals surface area contributed by atoms with Crippen LogP contribution in [-0.2, 0) is 7.05 Å². The van der Waals surface area contributed by atoms with Crippen LogP contribution in [0.1, 0.15) is 57.1 Å². The average Bonchev–Trinajstić information content (AvgIpc) is 2.65. The Labute approximate surface area is 110 Å². The van der Waals surface area contributed by atoms with Crippen LogP contribution in [0.2, 0.25) is 0 Å². The lowest BCUT2D eigenvalue weighted by atomic mass is 9.97. The first-order chi connectivity index (χ1) is 8.81. The highest BCUT2D eigenvalue weighted by Gasteiger charge is 2.18. The van der Waals surface area contributed by atoms with Crippen LogP contribution >= 0.6 is 0 Å². The molecule has 0 spiro atoms. The standard InChI is InChI=1S/C15H25N3/c1-3-10-16-15(14-11-17-18(2)12-14)13-8-6-4-5-7-9-13/h8,11-12,15-16H,3-7,9-10H2,1-2H3. The van der Waals surface area contributed by atoms with Crippen LogP contribution in [-0.4, -0.2) is 16.3 Å². The van der Waals surface area contributed by atoms with E-state index in [1.165, 1.54) is 44.1 Å². The van der Waals surface area contributed by atoms with Gasteiger partial charge in [-0.1, -0.05) is 25.0 Å². The quantitative estimate of drug-likeness (QED) is 0.809. The number of allylic oxidation sites excluding steroid dienone is 1. The van der Waals surface area contributed by atoms with Gasteiger partial charge >= 0.3 is 0 Å². The molecule has 1 unspecified atom stereocenters. The van der Waals surface area contributed by atoms with Crippen molar-refractivity contribution in [2.75, 3.05) is 6.54 Å². The Bertz CT molecular complexity index is 392. The summed E-state index contributed by atoms with van der Waals surface area (Å²) in [5.41, 5.74) is 2.87. The van der Waals surface area contributed by atoms with Crippen molar-refractivity contribution >= 4 is 0 Å². The van der Waals surface area contributed by atoms with Gasteiger partial charge in [0.1, 0.15) is 0 Å². The predicted molar refractivity (Wildman–Crippen MR) is 75.4 cm³/mol. The van der Waals surface area contributed by atoms with Gasteiger partial charge in [0, 0.05) is 18.8 Å². The van der Waals surface area contributed by atoms with Gasteiger partial charge in [0.25, 0.3) is 0 Å². The zero-order valence-corrected chi connectivity index (χ0v) is 11.7. The smallest absolute Gasteiger partial charge is 0.0567 e. The number of aryl methyl sites for hydroxylation is 1. The van der Waals surface area contributed by atoms with Crippen molar-refractivity contribution in [3.63, 3.8) is 0 Å². The monoisotopic (exact) mass is 247 g/mol. The fourth-order valence-electron chi connectivity index (χ4n) is 2.64. The average molecular weight is 247 g/mol. The fraction of sp³-hybridized carbons (Fsp3) is 0.667. The molecule has 2 rings (SSSR count). The van der Waals surface area contributed by atoms with Crippen molar-refractivity contribution in [3.05, 3.63) is 29.6 Å². The van der Waals surface area contributed by atoms with Gasteiger partial charge in [-0.25, -0.2) is 0 Å². The van der Waals surface area contributed by atoms with Crippen molar-refractivity contribution in [2.24, 2.45) is 7.05 Å². The molecule has 0 aliphatic heterocycles. The van der Waals surface area contributed by atoms with Crippen LogP contribution in [0.3, 0.4) is 0 Å². The summed E-state index contributed by atoms with van der Waals surface area (Å²) in [5, 5.41) is 7.99. The molecule has 0 bridgehead atoms. The van der Waals surface area contributed by atoms with E-state index in [9.17, 15) is 0 Å². The highest BCUT2D eigenvalue weighted by molar-refractivity contribution is 5.25. The van der Waals surface area contributed by atoms with E-state index in [1.54, 1.807) is 5.57 Å². The Morgan fingerprint density at radius 3 is 3.00 bits per heavy atom. The molecular weight excluding hydrogens is 222 g/mol. The lowest BCUT2D eigenvalue weighted by Gasteiger charge is -2.20. The van der Waals surface area contributed by atoms with E-state index in [2.05, 4.69) is 29.6 Å². The predicted octanol–water partition coefficient (Wildman–Crippen LogP) is 3.35. The molecular formula is C15H25N3. The summed E-state index contributed by atoms with van der Waals surface area (Å²) in [5.74, 6) is 0. The fourth-order valence-corrected chi connectivity index (χ4v) is 2.64. The van der Waals surface area contributed by atoms with Gasteiger partial charge in [-0.05, 0) is 38.6 Å². The third-order valence-electron chi connectivity index (χ3n) is 3.60. The third-order valence-corrected chi connectivity index (χ3v) is 3.60. The van der Waals surface area contributed by atoms with E-state index in [0.29, 0.717) is 6.04 Å². The summed E-state index contributed by atoms with van der Waals surface area (Å²) in [4.78, 5) is 0. The molecule has 1 atom stereocenters. The number of hydrogen-bond donors (Lipinski definition) is 1. The minimum absolute atomic E-state index is 0.372. The zero-order valence-electron chi connectivity index (χ0n) is 11.7. The Hall–Kier alpha value is -1.09. The highest BCUT2D eigenvalue weighted by atomic mass is 15.2. The molecule has 1 aliphatic carbocycles. The molecule has 1 heterocycles. The van der Waals surface area contributed by atoms with Crippen LogP contribution in [0.5, 0.6) is 0 Å². The second-order valence-electron chi connectivity index (χ2n) is 5.21. The molecule has 0 saturated carbocycles. The minimum atomic E-state index is 0.372. The molecule has 1 aromatic rings. The largest absolute Gasteiger partial charge is 0.306 e. The van der Waals surface area contributed by atoms with E-state index in [0.717, 1.165) is 6.54 Å². The van der Waals surface area contributed by atoms with Gasteiger partial charge < -0.3 is 5.32 Å². The molecule has 100 valence electrons. The van der Waals surface area contributed by atoms with Gasteiger partial charge in [0.05, 0.1) is 12.2 Å². The van der Waals surface area contributed by atoms with Gasteiger partial charge in [0.15, 0.2) is 0 Å². The number of aromatic nitrogens is 2. The van der Waals surface area contributed by atoms with E-state index >= 15 is 0 Å². The minimum Gasteiger partial charge on any atom is -0.306 e. The second kappa shape index (κ2) is 6.74. The van der Waals surface area contributed by atoms with Crippen LogP contribution in [0.15, 0.2) is 24.0 Å². The first kappa shape index (κ1) is 13.3. The molecule has 0 aromatic carbocycles. The molecule has 18 heavy (non-hydrogen) atoms. The molecule has 1 aliphatic rings. The Balaban J connectivity index is 2.15. The van der Waals surface area contributed by atoms with Gasteiger partial charge in [0.2, 0.25) is 0 Å². The Morgan fingerprint density at radius 2 is 2.28 bits per heavy atom. The first-order valence-electron chi connectivity index (χ1n) is 7.22. The van der Waals surface area contributed by atoms with Crippen molar-refractivity contribution < 1.29 is 0 Å². The van der Waals surface area contributed by atoms with E-state index in [-0.39, 0.29) is 0 Å². The van der Waals surface area contributed by atoms with E-state index in [1.807, 2.05) is 17.9 Å². The van der Waals surface area contributed by atoms with Gasteiger partial charge in [-0.15, -0.1) is 0 Å². The normalized spacial score (nSPS) is 18.2. The molecule has 3 heteroatoms. The summed E-state index contributed by atoms with van der Waals surface area (Å²) >= 11 is 0. The van der Waals surface area contributed by atoms with Crippen molar-refractivity contribution in [2.45, 2.75) is 51.5 Å². The molecule has 0 amide bonds. The van der Waals surface area contributed by atoms with E-state index in [4.69, 9.17) is 0 Å². The number of nitrogens with zero attached hydrogens (tertiary/aromatic N) is 2. The van der Waals surface area contributed by atoms with Gasteiger partial charge in [-0.3, -0.25) is 4.68 Å². The Kier molecular flexibility index (Phi) is 5.00. The maximum Gasteiger partial charge on any atom is 0.0567 e. The summed E-state index contributed by atoms with van der Waals surface area (Å²) < 4.78 is 1.90. The molecule has 1 N–H and O–H groups in total. The summed E-state index contributed by atoms with van der Waals surface area (Å²) in [6.07, 6.45) is 14.3. The SMILES string of the molecule is CCCNC(C1=CCCCCC1)c1cnn(C)c1. The van der Waals surface area contributed by atoms with E-state index < -0.39 is 0 Å². The number of rotatable bonds is 5. The van der Waals surface area contributed by atoms with Crippen molar-refractivity contribution in [3.8, 4) is 0 Å². The summed E-state index contributed by atoms with van der Waals surface area (Å²) in [7, 11) is 1.99. The topological polar surface area (TPSA) is 29.9 Å². The molecule has 0 saturated heterocycles. The Morgan fingerprint density at radius 1 is 1.39 bits per heavy atom. The highest BCUT2D eigenvalue weighted by Crippen LogP contribution is 2.28. The van der Waals surface area contributed by atoms with Crippen LogP contribution in [0.25, 0.3) is 0 Å². The van der Waals surface area contributed by atoms with Gasteiger partial charge in [-0.2, -0.15) is 5.10 Å². The number of hydrogen-bond acceptors (Lipinski definition) is 2. The number of nitrogens with one attached hydrogen (secondary N) is 1. The maximum absolute atomic E-state index is 4.31. The van der Waals surface area contributed by atoms with Crippen LogP contribution < -0.4 is 5.32 Å². The molecule has 0 fully saturated rings. The maximum atomic E-state index is 4.31. The molecule has 3 nitrogen and oxygen atoms in total. The summed E-state index contributed by atoms with van der Waals surface area (Å²) in [6, 6.07) is 0.372. The lowest BCUT2D eigenvalue weighted by Crippen LogP contribution is -2.23. The molecule has 0 radical (unpaired) electrons. The zero-order chi connectivity index (χ0) is 12.8. The molecule has 1 aromatic heterocycles. The summed E-state index contributed by atoms with van der Waals surface area (Å²) in [6.45, 7) is 3.28. The van der Waals surface area contributed by atoms with Crippen molar-refractivity contribution in [1.82, 2.24) is 15.1 Å².